The van der Waals surface area contributed by atoms with Gasteiger partial charge in [-0.3, -0.25) is 19.1 Å². The highest BCUT2D eigenvalue weighted by atomic mass is 32.1. The van der Waals surface area contributed by atoms with Gasteiger partial charge in [-0.2, -0.15) is 0 Å². The number of para-hydroxylation sites is 1. The Morgan fingerprint density at radius 2 is 1.92 bits per heavy atom. The molecule has 1 heterocycles. The molecule has 0 aliphatic carbocycles. The zero-order valence-corrected chi connectivity index (χ0v) is 22.0. The molecular formula is C22H31FN3O8PS. The van der Waals surface area contributed by atoms with E-state index in [4.69, 9.17) is 30.7 Å². The monoisotopic (exact) mass is 547 g/mol. The largest absolute Gasteiger partial charge is 0.462 e. The van der Waals surface area contributed by atoms with Crippen LogP contribution in [0.4, 0.5) is 4.39 Å². The summed E-state index contributed by atoms with van der Waals surface area (Å²) in [6.07, 6.45) is -2.86. The molecule has 0 bridgehead atoms. The Morgan fingerprint density at radius 1 is 1.25 bits per heavy atom. The molecule has 1 aromatic heterocycles. The molecule has 200 valence electrons. The average molecular weight is 548 g/mol. The molecule has 36 heavy (non-hydrogen) atoms. The van der Waals surface area contributed by atoms with Gasteiger partial charge < -0.3 is 28.7 Å². The molecule has 0 saturated carbocycles. The summed E-state index contributed by atoms with van der Waals surface area (Å²) < 4.78 is 37.2. The van der Waals surface area contributed by atoms with E-state index in [0.29, 0.717) is 5.75 Å². The fourth-order valence-corrected chi connectivity index (χ4v) is 4.40. The number of nitrogens with zero attached hydrogens (tertiary/aromatic N) is 1. The van der Waals surface area contributed by atoms with E-state index in [-0.39, 0.29) is 10.9 Å². The number of hydrogen-bond acceptors (Lipinski definition) is 10. The number of aromatic nitrogens is 2. The van der Waals surface area contributed by atoms with Crippen molar-refractivity contribution in [1.29, 1.82) is 0 Å². The lowest BCUT2D eigenvalue weighted by Crippen LogP contribution is -2.54. The number of methoxy groups -OCH3 is 1. The van der Waals surface area contributed by atoms with Crippen LogP contribution in [0.1, 0.15) is 27.0 Å². The first-order valence-electron chi connectivity index (χ1n) is 10.9. The van der Waals surface area contributed by atoms with Crippen LogP contribution < -0.4 is 15.2 Å². The van der Waals surface area contributed by atoms with Crippen LogP contribution in [0.3, 0.4) is 0 Å². The van der Waals surface area contributed by atoms with Crippen molar-refractivity contribution in [3.05, 3.63) is 57.7 Å². The minimum absolute atomic E-state index is 0.187. The van der Waals surface area contributed by atoms with Crippen LogP contribution in [-0.2, 0) is 18.8 Å². The minimum Gasteiger partial charge on any atom is -0.462 e. The quantitative estimate of drug-likeness (QED) is 0.158. The lowest BCUT2D eigenvalue weighted by molar-refractivity contribution is -0.183. The molecule has 0 radical (unpaired) electrons. The van der Waals surface area contributed by atoms with E-state index in [1.807, 2.05) is 0 Å². The number of ether oxygens (including phenoxy) is 2. The van der Waals surface area contributed by atoms with Crippen LogP contribution in [0.5, 0.6) is 5.75 Å². The van der Waals surface area contributed by atoms with Crippen molar-refractivity contribution >= 4 is 26.7 Å². The second kappa shape index (κ2) is 13.9. The number of H-pyrrole nitrogens is 1. The predicted molar refractivity (Wildman–Crippen MR) is 133 cm³/mol. The highest BCUT2D eigenvalue weighted by Gasteiger charge is 2.45. The number of carbonyl (C=O) groups excluding carboxylic acids is 1. The first-order chi connectivity index (χ1) is 17.0. The summed E-state index contributed by atoms with van der Waals surface area (Å²) in [5.74, 6) is -0.145. The SMILES string of the molecule is CO[C@](CF)(COP(NC(C)C(=O)OC(C)C)Oc1ccccc1)C(O)C(O)n1ccc(=O)[nH]c1=S. The van der Waals surface area contributed by atoms with Crippen LogP contribution in [0.2, 0.25) is 0 Å². The van der Waals surface area contributed by atoms with Gasteiger partial charge in [0.25, 0.3) is 5.56 Å². The summed E-state index contributed by atoms with van der Waals surface area (Å²) in [5, 5.41) is 24.4. The van der Waals surface area contributed by atoms with Gasteiger partial charge in [-0.15, -0.1) is 0 Å². The van der Waals surface area contributed by atoms with Crippen LogP contribution in [0, 0.1) is 4.77 Å². The maximum atomic E-state index is 14.3. The minimum atomic E-state index is -2.08. The van der Waals surface area contributed by atoms with Gasteiger partial charge in [0.05, 0.1) is 12.7 Å². The molecular weight excluding hydrogens is 516 g/mol. The van der Waals surface area contributed by atoms with Crippen molar-refractivity contribution in [2.24, 2.45) is 0 Å². The molecule has 0 aliphatic rings. The molecule has 2 rings (SSSR count). The molecule has 0 spiro atoms. The Hall–Kier alpha value is -2.25. The predicted octanol–water partition coefficient (Wildman–Crippen LogP) is 2.36. The second-order valence-electron chi connectivity index (χ2n) is 8.05. The van der Waals surface area contributed by atoms with Crippen LogP contribution in [0.15, 0.2) is 47.4 Å². The lowest BCUT2D eigenvalue weighted by Gasteiger charge is -2.37. The van der Waals surface area contributed by atoms with Gasteiger partial charge in [0, 0.05) is 19.4 Å². The topological polar surface area (TPSA) is 144 Å². The third kappa shape index (κ3) is 8.13. The first-order valence-corrected chi connectivity index (χ1v) is 12.5. The molecule has 0 fully saturated rings. The fourth-order valence-electron chi connectivity index (χ4n) is 2.88. The van der Waals surface area contributed by atoms with E-state index >= 15 is 0 Å². The Labute approximate surface area is 214 Å². The number of esters is 1. The number of halogens is 1. The third-order valence-corrected chi connectivity index (χ3v) is 6.60. The summed E-state index contributed by atoms with van der Waals surface area (Å²) >= 11 is 5.01. The number of rotatable bonds is 14. The van der Waals surface area contributed by atoms with Gasteiger partial charge in [-0.05, 0) is 45.1 Å². The molecule has 2 aromatic rings. The molecule has 0 amide bonds. The van der Waals surface area contributed by atoms with Gasteiger partial charge in [0.15, 0.2) is 11.0 Å². The number of carbonyl (C=O) groups is 1. The highest BCUT2D eigenvalue weighted by Crippen LogP contribution is 2.38. The molecule has 4 N–H and O–H groups in total. The summed E-state index contributed by atoms with van der Waals surface area (Å²) in [4.78, 5) is 26.0. The zero-order valence-electron chi connectivity index (χ0n) is 20.3. The van der Waals surface area contributed by atoms with Crippen LogP contribution >= 0.6 is 20.7 Å². The van der Waals surface area contributed by atoms with Crippen molar-refractivity contribution in [3.8, 4) is 5.75 Å². The molecule has 1 aromatic carbocycles. The van der Waals surface area contributed by atoms with E-state index in [1.165, 1.54) is 0 Å². The van der Waals surface area contributed by atoms with Crippen molar-refractivity contribution in [2.45, 2.75) is 50.8 Å². The highest BCUT2D eigenvalue weighted by molar-refractivity contribution is 7.71. The third-order valence-electron chi connectivity index (χ3n) is 4.95. The van der Waals surface area contributed by atoms with Gasteiger partial charge >= 0.3 is 14.5 Å². The molecule has 5 atom stereocenters. The summed E-state index contributed by atoms with van der Waals surface area (Å²) in [6, 6.07) is 8.80. The number of benzene rings is 1. The first kappa shape index (κ1) is 30.0. The van der Waals surface area contributed by atoms with Crippen LogP contribution in [0.25, 0.3) is 0 Å². The van der Waals surface area contributed by atoms with Crippen molar-refractivity contribution in [3.63, 3.8) is 0 Å². The molecule has 14 heteroatoms. The van der Waals surface area contributed by atoms with E-state index in [1.54, 1.807) is 51.1 Å². The second-order valence-corrected chi connectivity index (χ2v) is 9.65. The summed E-state index contributed by atoms with van der Waals surface area (Å²) in [5.41, 5.74) is -2.57. The van der Waals surface area contributed by atoms with E-state index < -0.39 is 57.3 Å². The maximum Gasteiger partial charge on any atom is 0.323 e. The van der Waals surface area contributed by atoms with E-state index in [0.717, 1.165) is 23.9 Å². The number of aliphatic hydroxyl groups excluding tert-OH is 2. The standard InChI is InChI=1S/C22H31FN3O8PS/c1-14(2)33-20(30)15(3)25-35(34-16-8-6-5-7-9-16)32-13-22(12-23,31-4)18(28)19(29)26-11-10-17(27)24-21(26)36/h5-11,14-15,18-19,25,28-29H,12-13H2,1-4H3,(H,24,27,36)/t15?,18?,19?,22-,35?/m1/s1. The number of aliphatic hydroxyl groups is 2. The normalized spacial score (nSPS) is 16.6. The maximum absolute atomic E-state index is 14.3. The van der Waals surface area contributed by atoms with Gasteiger partial charge in [-0.1, -0.05) is 18.2 Å². The number of hydrogen-bond donors (Lipinski definition) is 4. The summed E-state index contributed by atoms with van der Waals surface area (Å²) in [7, 11) is -0.943. The number of aromatic amines is 1. The number of nitrogens with one attached hydrogen (secondary N) is 2. The number of alkyl halides is 1. The van der Waals surface area contributed by atoms with Gasteiger partial charge in [0.1, 0.15) is 30.2 Å². The Morgan fingerprint density at radius 3 is 2.47 bits per heavy atom. The summed E-state index contributed by atoms with van der Waals surface area (Å²) in [6.45, 7) is 3.11. The fraction of sp³-hybridized carbons (Fsp3) is 0.500. The average Bonchev–Trinajstić information content (AvgIpc) is 2.84. The molecule has 0 aliphatic heterocycles. The van der Waals surface area contributed by atoms with Crippen molar-refractivity contribution < 1.29 is 37.9 Å². The molecule has 0 saturated heterocycles. The van der Waals surface area contributed by atoms with Crippen molar-refractivity contribution in [1.82, 2.24) is 14.6 Å². The Bertz CT molecular complexity index is 1080. The van der Waals surface area contributed by atoms with Gasteiger partial charge in [-0.25, -0.2) is 9.48 Å². The molecule has 11 nitrogen and oxygen atoms in total. The van der Waals surface area contributed by atoms with Crippen molar-refractivity contribution in [2.75, 3.05) is 20.4 Å². The van der Waals surface area contributed by atoms with Crippen LogP contribution in [-0.4, -0.2) is 70.0 Å². The smallest absolute Gasteiger partial charge is 0.323 e. The van der Waals surface area contributed by atoms with E-state index in [9.17, 15) is 24.2 Å². The van der Waals surface area contributed by atoms with E-state index in [2.05, 4.69) is 10.1 Å². The Balaban J connectivity index is 2.24. The van der Waals surface area contributed by atoms with Gasteiger partial charge in [0.2, 0.25) is 0 Å². The zero-order chi connectivity index (χ0) is 26.9. The molecule has 4 unspecified atom stereocenters. The lowest BCUT2D eigenvalue weighted by atomic mass is 9.97. The Kier molecular flexibility index (Phi) is 11.6.